The number of carbonyl (C=O) groups is 2. The van der Waals surface area contributed by atoms with Crippen LogP contribution in [0.5, 0.6) is 5.75 Å². The van der Waals surface area contributed by atoms with Crippen LogP contribution in [0.4, 0.5) is 11.4 Å². The first-order chi connectivity index (χ1) is 12.0. The van der Waals surface area contributed by atoms with Crippen molar-refractivity contribution in [1.82, 2.24) is 0 Å². The Morgan fingerprint density at radius 3 is 2.36 bits per heavy atom. The van der Waals surface area contributed by atoms with Gasteiger partial charge in [-0.3, -0.25) is 19.7 Å². The van der Waals surface area contributed by atoms with Gasteiger partial charge in [-0.05, 0) is 18.2 Å². The lowest BCUT2D eigenvalue weighted by atomic mass is 10.2. The molecule has 0 aliphatic heterocycles. The number of ether oxygens (including phenoxy) is 1. The maximum Gasteiger partial charge on any atom is 0.310 e. The van der Waals surface area contributed by atoms with Gasteiger partial charge in [0.1, 0.15) is 0 Å². The third kappa shape index (κ3) is 5.03. The second kappa shape index (κ2) is 8.44. The number of rotatable bonds is 8. The third-order valence-electron chi connectivity index (χ3n) is 3.36. The maximum atomic E-state index is 12.5. The largest absolute Gasteiger partial charge is 0.477 e. The summed E-state index contributed by atoms with van der Waals surface area (Å²) in [5.74, 6) is -0.970. The molecular formula is C17H17N3O5. The van der Waals surface area contributed by atoms with Gasteiger partial charge in [0.05, 0.1) is 4.92 Å². The number of primary amides is 1. The van der Waals surface area contributed by atoms with Gasteiger partial charge >= 0.3 is 5.69 Å². The van der Waals surface area contributed by atoms with E-state index in [4.69, 9.17) is 10.5 Å². The molecule has 2 amide bonds. The Kier molecular flexibility index (Phi) is 6.05. The molecule has 130 valence electrons. The summed E-state index contributed by atoms with van der Waals surface area (Å²) in [7, 11) is 0. The number of benzene rings is 2. The second-order valence-corrected chi connectivity index (χ2v) is 5.11. The van der Waals surface area contributed by atoms with Gasteiger partial charge in [0, 0.05) is 24.7 Å². The zero-order chi connectivity index (χ0) is 18.2. The molecule has 2 N–H and O–H groups in total. The van der Waals surface area contributed by atoms with Crippen LogP contribution < -0.4 is 15.4 Å². The molecule has 0 saturated carbocycles. The topological polar surface area (TPSA) is 116 Å². The van der Waals surface area contributed by atoms with Crippen LogP contribution in [0.15, 0.2) is 54.6 Å². The first kappa shape index (κ1) is 17.9. The van der Waals surface area contributed by atoms with Gasteiger partial charge in [-0.25, -0.2) is 0 Å². The SMILES string of the molecule is NC(=O)CCN(C(=O)COc1ccccc1[N+](=O)[O-])c1ccccc1. The number of nitro benzene ring substituents is 1. The fourth-order valence-electron chi connectivity index (χ4n) is 2.18. The number of hydrogen-bond donors (Lipinski definition) is 1. The number of nitrogens with two attached hydrogens (primary N) is 1. The molecule has 8 heteroatoms. The molecule has 0 saturated heterocycles. The molecule has 0 radical (unpaired) electrons. The van der Waals surface area contributed by atoms with Crippen LogP contribution in [0.1, 0.15) is 6.42 Å². The number of para-hydroxylation sites is 3. The molecule has 0 aliphatic carbocycles. The first-order valence-electron chi connectivity index (χ1n) is 7.49. The van der Waals surface area contributed by atoms with Crippen LogP contribution in [0.25, 0.3) is 0 Å². The van der Waals surface area contributed by atoms with Gasteiger partial charge in [0.15, 0.2) is 12.4 Å². The van der Waals surface area contributed by atoms with Gasteiger partial charge in [0.25, 0.3) is 5.91 Å². The number of carbonyl (C=O) groups excluding carboxylic acids is 2. The van der Waals surface area contributed by atoms with Crippen molar-refractivity contribution in [2.45, 2.75) is 6.42 Å². The first-order valence-corrected chi connectivity index (χ1v) is 7.49. The predicted octanol–water partition coefficient (Wildman–Crippen LogP) is 1.88. The van der Waals surface area contributed by atoms with Crippen molar-refractivity contribution in [1.29, 1.82) is 0 Å². The number of nitrogens with zero attached hydrogens (tertiary/aromatic N) is 2. The van der Waals surface area contributed by atoms with Crippen LogP contribution >= 0.6 is 0 Å². The highest BCUT2D eigenvalue weighted by Crippen LogP contribution is 2.26. The van der Waals surface area contributed by atoms with E-state index in [2.05, 4.69) is 0 Å². The van der Waals surface area contributed by atoms with E-state index in [0.717, 1.165) is 0 Å². The molecule has 2 aromatic carbocycles. The Hall–Kier alpha value is -3.42. The summed E-state index contributed by atoms with van der Waals surface area (Å²) in [5.41, 5.74) is 5.51. The smallest absolute Gasteiger partial charge is 0.310 e. The van der Waals surface area contributed by atoms with Gasteiger partial charge in [-0.2, -0.15) is 0 Å². The standard InChI is InChI=1S/C17H17N3O5/c18-16(21)10-11-19(13-6-2-1-3-7-13)17(22)12-25-15-9-5-4-8-14(15)20(23)24/h1-9H,10-12H2,(H2,18,21). The number of nitro groups is 1. The lowest BCUT2D eigenvalue weighted by Gasteiger charge is -2.22. The minimum atomic E-state index is -0.581. The van der Waals surface area contributed by atoms with Crippen LogP contribution in [-0.2, 0) is 9.59 Å². The fraction of sp³-hybridized carbons (Fsp3) is 0.176. The van der Waals surface area contributed by atoms with Crippen molar-refractivity contribution < 1.29 is 19.2 Å². The van der Waals surface area contributed by atoms with Crippen molar-refractivity contribution in [3.63, 3.8) is 0 Å². The minimum absolute atomic E-state index is 0.00348. The normalized spacial score (nSPS) is 10.1. The third-order valence-corrected chi connectivity index (χ3v) is 3.36. The van der Waals surface area contributed by atoms with Crippen molar-refractivity contribution in [3.8, 4) is 5.75 Å². The molecule has 0 bridgehead atoms. The molecule has 25 heavy (non-hydrogen) atoms. The van der Waals surface area contributed by atoms with E-state index in [0.29, 0.717) is 5.69 Å². The van der Waals surface area contributed by atoms with E-state index in [-0.39, 0.29) is 24.4 Å². The maximum absolute atomic E-state index is 12.5. The molecule has 8 nitrogen and oxygen atoms in total. The monoisotopic (exact) mass is 343 g/mol. The number of anilines is 1. The summed E-state index contributed by atoms with van der Waals surface area (Å²) in [6.45, 7) is -0.309. The molecule has 2 rings (SSSR count). The molecule has 0 fully saturated rings. The minimum Gasteiger partial charge on any atom is -0.477 e. The molecule has 0 heterocycles. The van der Waals surface area contributed by atoms with E-state index in [1.165, 1.54) is 23.1 Å². The molecule has 0 aliphatic rings. The molecular weight excluding hydrogens is 326 g/mol. The lowest BCUT2D eigenvalue weighted by Crippen LogP contribution is -2.37. The molecule has 0 atom stereocenters. The van der Waals surface area contributed by atoms with E-state index in [1.807, 2.05) is 0 Å². The Balaban J connectivity index is 2.12. The molecule has 0 unspecified atom stereocenters. The summed E-state index contributed by atoms with van der Waals surface area (Å²) in [4.78, 5) is 35.3. The Morgan fingerprint density at radius 1 is 1.08 bits per heavy atom. The van der Waals surface area contributed by atoms with Gasteiger partial charge < -0.3 is 15.4 Å². The Labute approximate surface area is 144 Å². The highest BCUT2D eigenvalue weighted by Gasteiger charge is 2.19. The summed E-state index contributed by atoms with van der Waals surface area (Å²) in [6.07, 6.45) is -0.00782. The lowest BCUT2D eigenvalue weighted by molar-refractivity contribution is -0.385. The average molecular weight is 343 g/mol. The Bertz CT molecular complexity index is 764. The van der Waals surface area contributed by atoms with Gasteiger partial charge in [0.2, 0.25) is 5.91 Å². The van der Waals surface area contributed by atoms with Crippen LogP contribution in [0, 0.1) is 10.1 Å². The average Bonchev–Trinajstić information content (AvgIpc) is 2.61. The summed E-state index contributed by atoms with van der Waals surface area (Å²) >= 11 is 0. The Morgan fingerprint density at radius 2 is 1.72 bits per heavy atom. The molecule has 0 spiro atoms. The predicted molar refractivity (Wildman–Crippen MR) is 91.2 cm³/mol. The van der Waals surface area contributed by atoms with E-state index >= 15 is 0 Å². The van der Waals surface area contributed by atoms with E-state index in [1.54, 1.807) is 36.4 Å². The van der Waals surface area contributed by atoms with Crippen LogP contribution in [0.2, 0.25) is 0 Å². The van der Waals surface area contributed by atoms with Crippen molar-refractivity contribution in [2.24, 2.45) is 5.73 Å². The van der Waals surface area contributed by atoms with Crippen molar-refractivity contribution >= 4 is 23.2 Å². The zero-order valence-electron chi connectivity index (χ0n) is 13.3. The van der Waals surface area contributed by atoms with E-state index in [9.17, 15) is 19.7 Å². The van der Waals surface area contributed by atoms with E-state index < -0.39 is 23.3 Å². The fourth-order valence-corrected chi connectivity index (χ4v) is 2.18. The van der Waals surface area contributed by atoms with Gasteiger partial charge in [-0.15, -0.1) is 0 Å². The number of amides is 2. The molecule has 2 aromatic rings. The van der Waals surface area contributed by atoms with Crippen molar-refractivity contribution in [3.05, 3.63) is 64.7 Å². The van der Waals surface area contributed by atoms with Crippen LogP contribution in [0.3, 0.4) is 0 Å². The highest BCUT2D eigenvalue weighted by molar-refractivity contribution is 5.95. The highest BCUT2D eigenvalue weighted by atomic mass is 16.6. The summed E-state index contributed by atoms with van der Waals surface area (Å²) < 4.78 is 5.32. The van der Waals surface area contributed by atoms with Crippen LogP contribution in [-0.4, -0.2) is 29.9 Å². The number of hydrogen-bond acceptors (Lipinski definition) is 5. The molecule has 0 aromatic heterocycles. The van der Waals surface area contributed by atoms with Gasteiger partial charge in [-0.1, -0.05) is 30.3 Å². The van der Waals surface area contributed by atoms with Crippen molar-refractivity contribution in [2.75, 3.05) is 18.1 Å². The zero-order valence-corrected chi connectivity index (χ0v) is 13.3. The summed E-state index contributed by atoms with van der Waals surface area (Å²) in [5, 5.41) is 11.0. The summed E-state index contributed by atoms with van der Waals surface area (Å²) in [6, 6.07) is 14.5. The quantitative estimate of drug-likeness (QED) is 0.580. The second-order valence-electron chi connectivity index (χ2n) is 5.11.